The standard InChI is InChI=1S/C11H16ClN3S/c12-10-5-14-11(16-10)7-15-2-1-8-3-13-4-9(8)6-15/h5,8-9,13H,1-4,6-7H2. The normalized spacial score (nSPS) is 30.6. The minimum Gasteiger partial charge on any atom is -0.316 e. The second-order valence-corrected chi connectivity index (χ2v) is 6.51. The van der Waals surface area contributed by atoms with Gasteiger partial charge in [-0.15, -0.1) is 11.3 Å². The largest absolute Gasteiger partial charge is 0.316 e. The first kappa shape index (κ1) is 11.0. The van der Waals surface area contributed by atoms with Gasteiger partial charge in [-0.25, -0.2) is 4.98 Å². The van der Waals surface area contributed by atoms with E-state index in [2.05, 4.69) is 15.2 Å². The molecule has 2 unspecified atom stereocenters. The molecule has 16 heavy (non-hydrogen) atoms. The molecule has 0 bridgehead atoms. The van der Waals surface area contributed by atoms with E-state index in [1.54, 1.807) is 17.5 Å². The molecular formula is C11H16ClN3S. The first-order valence-corrected chi connectivity index (χ1v) is 7.04. The van der Waals surface area contributed by atoms with E-state index < -0.39 is 0 Å². The number of fused-ring (bicyclic) bond motifs is 1. The molecular weight excluding hydrogens is 242 g/mol. The summed E-state index contributed by atoms with van der Waals surface area (Å²) in [6, 6.07) is 0. The van der Waals surface area contributed by atoms with E-state index >= 15 is 0 Å². The molecule has 2 saturated heterocycles. The second-order valence-electron chi connectivity index (χ2n) is 4.76. The van der Waals surface area contributed by atoms with E-state index in [-0.39, 0.29) is 0 Å². The summed E-state index contributed by atoms with van der Waals surface area (Å²) < 4.78 is 0.799. The van der Waals surface area contributed by atoms with Gasteiger partial charge in [0.2, 0.25) is 0 Å². The number of hydrogen-bond donors (Lipinski definition) is 1. The summed E-state index contributed by atoms with van der Waals surface area (Å²) >= 11 is 7.50. The molecule has 3 heterocycles. The Kier molecular flexibility index (Phi) is 3.16. The van der Waals surface area contributed by atoms with Crippen molar-refractivity contribution < 1.29 is 0 Å². The minimum absolute atomic E-state index is 0.799. The van der Waals surface area contributed by atoms with Gasteiger partial charge < -0.3 is 5.32 Å². The molecule has 2 aliphatic rings. The van der Waals surface area contributed by atoms with Crippen molar-refractivity contribution in [2.45, 2.75) is 13.0 Å². The maximum Gasteiger partial charge on any atom is 0.113 e. The Hall–Kier alpha value is -0.160. The van der Waals surface area contributed by atoms with Gasteiger partial charge in [0.25, 0.3) is 0 Å². The van der Waals surface area contributed by atoms with Crippen molar-refractivity contribution in [3.63, 3.8) is 0 Å². The van der Waals surface area contributed by atoms with E-state index in [0.717, 1.165) is 27.7 Å². The third-order valence-corrected chi connectivity index (χ3v) is 4.77. The monoisotopic (exact) mass is 257 g/mol. The highest BCUT2D eigenvalue weighted by Gasteiger charge is 2.32. The van der Waals surface area contributed by atoms with E-state index in [1.165, 1.54) is 32.6 Å². The molecule has 0 aliphatic carbocycles. The summed E-state index contributed by atoms with van der Waals surface area (Å²) in [5, 5.41) is 4.64. The van der Waals surface area contributed by atoms with Gasteiger partial charge in [0.1, 0.15) is 9.34 Å². The van der Waals surface area contributed by atoms with Crippen LogP contribution in [0.5, 0.6) is 0 Å². The van der Waals surface area contributed by atoms with Crippen molar-refractivity contribution in [3.8, 4) is 0 Å². The summed E-state index contributed by atoms with van der Waals surface area (Å²) in [5.41, 5.74) is 0. The van der Waals surface area contributed by atoms with Crippen LogP contribution >= 0.6 is 22.9 Å². The van der Waals surface area contributed by atoms with Crippen molar-refractivity contribution in [1.29, 1.82) is 0 Å². The highest BCUT2D eigenvalue weighted by atomic mass is 35.5. The SMILES string of the molecule is Clc1cnc(CN2CCC3CNCC3C2)s1. The van der Waals surface area contributed by atoms with Gasteiger partial charge in [0.05, 0.1) is 12.7 Å². The number of nitrogens with one attached hydrogen (secondary N) is 1. The summed E-state index contributed by atoms with van der Waals surface area (Å²) in [5.74, 6) is 1.76. The lowest BCUT2D eigenvalue weighted by Crippen LogP contribution is -2.39. The summed E-state index contributed by atoms with van der Waals surface area (Å²) in [7, 11) is 0. The predicted octanol–water partition coefficient (Wildman–Crippen LogP) is 1.84. The molecule has 3 rings (SSSR count). The van der Waals surface area contributed by atoms with E-state index in [0.29, 0.717) is 0 Å². The van der Waals surface area contributed by atoms with Crippen LogP contribution in [0.3, 0.4) is 0 Å². The van der Waals surface area contributed by atoms with Crippen LogP contribution in [-0.2, 0) is 6.54 Å². The zero-order valence-corrected chi connectivity index (χ0v) is 10.7. The molecule has 1 N–H and O–H groups in total. The van der Waals surface area contributed by atoms with Crippen LogP contribution in [0.15, 0.2) is 6.20 Å². The average molecular weight is 258 g/mol. The van der Waals surface area contributed by atoms with Gasteiger partial charge in [0.15, 0.2) is 0 Å². The quantitative estimate of drug-likeness (QED) is 0.876. The lowest BCUT2D eigenvalue weighted by atomic mass is 9.89. The van der Waals surface area contributed by atoms with Gasteiger partial charge in [-0.2, -0.15) is 0 Å². The van der Waals surface area contributed by atoms with Crippen molar-refractivity contribution >= 4 is 22.9 Å². The smallest absolute Gasteiger partial charge is 0.113 e. The average Bonchev–Trinajstić information content (AvgIpc) is 2.87. The molecule has 88 valence electrons. The third kappa shape index (κ3) is 2.25. The van der Waals surface area contributed by atoms with Crippen molar-refractivity contribution in [2.24, 2.45) is 11.8 Å². The first-order chi connectivity index (χ1) is 7.81. The van der Waals surface area contributed by atoms with Gasteiger partial charge >= 0.3 is 0 Å². The Labute approximate surface area is 105 Å². The van der Waals surface area contributed by atoms with Crippen molar-refractivity contribution in [2.75, 3.05) is 26.2 Å². The first-order valence-electron chi connectivity index (χ1n) is 5.84. The molecule has 0 saturated carbocycles. The third-order valence-electron chi connectivity index (χ3n) is 3.67. The van der Waals surface area contributed by atoms with E-state index in [4.69, 9.17) is 11.6 Å². The Balaban J connectivity index is 1.60. The summed E-state index contributed by atoms with van der Waals surface area (Å²) in [4.78, 5) is 6.84. The Morgan fingerprint density at radius 3 is 3.19 bits per heavy atom. The van der Waals surface area contributed by atoms with Crippen LogP contribution in [-0.4, -0.2) is 36.1 Å². The molecule has 0 radical (unpaired) electrons. The highest BCUT2D eigenvalue weighted by Crippen LogP contribution is 2.28. The van der Waals surface area contributed by atoms with Gasteiger partial charge in [-0.05, 0) is 37.9 Å². The van der Waals surface area contributed by atoms with Crippen LogP contribution in [0.4, 0.5) is 0 Å². The fourth-order valence-corrected chi connectivity index (χ4v) is 3.81. The molecule has 3 nitrogen and oxygen atoms in total. The lowest BCUT2D eigenvalue weighted by Gasteiger charge is -2.33. The zero-order valence-electron chi connectivity index (χ0n) is 9.16. The molecule has 2 aliphatic heterocycles. The minimum atomic E-state index is 0.799. The van der Waals surface area contributed by atoms with Crippen LogP contribution in [0.2, 0.25) is 4.34 Å². The Bertz CT molecular complexity index is 368. The van der Waals surface area contributed by atoms with E-state index in [9.17, 15) is 0 Å². The maximum atomic E-state index is 5.89. The predicted molar refractivity (Wildman–Crippen MR) is 66.9 cm³/mol. The van der Waals surface area contributed by atoms with Crippen molar-refractivity contribution in [3.05, 3.63) is 15.5 Å². The number of hydrogen-bond acceptors (Lipinski definition) is 4. The number of likely N-dealkylation sites (tertiary alicyclic amines) is 1. The fraction of sp³-hybridized carbons (Fsp3) is 0.727. The number of aromatic nitrogens is 1. The number of halogens is 1. The number of thiazole rings is 1. The summed E-state index contributed by atoms with van der Waals surface area (Å²) in [6.45, 7) is 5.82. The van der Waals surface area contributed by atoms with E-state index in [1.807, 2.05) is 0 Å². The summed E-state index contributed by atoms with van der Waals surface area (Å²) in [6.07, 6.45) is 3.09. The molecule has 1 aromatic heterocycles. The number of nitrogens with zero attached hydrogens (tertiary/aromatic N) is 2. The number of piperidine rings is 1. The van der Waals surface area contributed by atoms with Gasteiger partial charge in [0, 0.05) is 6.54 Å². The van der Waals surface area contributed by atoms with Crippen LogP contribution in [0.25, 0.3) is 0 Å². The Morgan fingerprint density at radius 2 is 2.38 bits per heavy atom. The van der Waals surface area contributed by atoms with Gasteiger partial charge in [-0.1, -0.05) is 11.6 Å². The molecule has 2 atom stereocenters. The Morgan fingerprint density at radius 1 is 1.50 bits per heavy atom. The van der Waals surface area contributed by atoms with Gasteiger partial charge in [-0.3, -0.25) is 4.90 Å². The number of rotatable bonds is 2. The molecule has 5 heteroatoms. The van der Waals surface area contributed by atoms with Crippen molar-refractivity contribution in [1.82, 2.24) is 15.2 Å². The fourth-order valence-electron chi connectivity index (χ4n) is 2.81. The zero-order chi connectivity index (χ0) is 11.0. The molecule has 1 aromatic rings. The molecule has 0 aromatic carbocycles. The maximum absolute atomic E-state index is 5.89. The van der Waals surface area contributed by atoms with Crippen LogP contribution < -0.4 is 5.32 Å². The second kappa shape index (κ2) is 4.61. The molecule has 0 spiro atoms. The topological polar surface area (TPSA) is 28.2 Å². The lowest BCUT2D eigenvalue weighted by molar-refractivity contribution is 0.142. The highest BCUT2D eigenvalue weighted by molar-refractivity contribution is 7.15. The van der Waals surface area contributed by atoms with Crippen LogP contribution in [0, 0.1) is 11.8 Å². The molecule has 2 fully saturated rings. The van der Waals surface area contributed by atoms with Crippen LogP contribution in [0.1, 0.15) is 11.4 Å². The molecule has 0 amide bonds.